The number of H-pyrrole nitrogens is 2. The molecule has 1 amide bonds. The van der Waals surface area contributed by atoms with Crippen molar-refractivity contribution in [3.05, 3.63) is 44.6 Å². The van der Waals surface area contributed by atoms with E-state index < -0.39 is 11.2 Å². The Morgan fingerprint density at radius 1 is 1.13 bits per heavy atom. The summed E-state index contributed by atoms with van der Waals surface area (Å²) in [5, 5.41) is 3.24. The molecule has 0 spiro atoms. The number of fused-ring (bicyclic) bond motifs is 1. The van der Waals surface area contributed by atoms with Gasteiger partial charge in [-0.05, 0) is 44.1 Å². The van der Waals surface area contributed by atoms with Crippen LogP contribution in [-0.4, -0.2) is 47.0 Å². The third-order valence-corrected chi connectivity index (χ3v) is 4.16. The molecule has 0 unspecified atom stereocenters. The summed E-state index contributed by atoms with van der Waals surface area (Å²) in [6.07, 6.45) is 3.73. The van der Waals surface area contributed by atoms with Crippen LogP contribution in [0.4, 0.5) is 0 Å². The molecule has 23 heavy (non-hydrogen) atoms. The van der Waals surface area contributed by atoms with Crippen LogP contribution in [0.3, 0.4) is 0 Å². The Morgan fingerprint density at radius 3 is 2.70 bits per heavy atom. The number of aromatic nitrogens is 2. The van der Waals surface area contributed by atoms with Crippen molar-refractivity contribution >= 4 is 16.8 Å². The summed E-state index contributed by atoms with van der Waals surface area (Å²) >= 11 is 0. The van der Waals surface area contributed by atoms with E-state index in [1.807, 2.05) is 0 Å². The van der Waals surface area contributed by atoms with Crippen molar-refractivity contribution in [1.82, 2.24) is 20.2 Å². The molecule has 1 aromatic heterocycles. The van der Waals surface area contributed by atoms with Gasteiger partial charge in [-0.3, -0.25) is 14.6 Å². The Bertz CT molecular complexity index is 818. The van der Waals surface area contributed by atoms with E-state index in [0.717, 1.165) is 19.6 Å². The lowest BCUT2D eigenvalue weighted by atomic mass is 10.1. The van der Waals surface area contributed by atoms with E-state index in [-0.39, 0.29) is 5.91 Å². The van der Waals surface area contributed by atoms with Crippen LogP contribution in [0.25, 0.3) is 10.9 Å². The summed E-state index contributed by atoms with van der Waals surface area (Å²) < 4.78 is 0. The first-order chi connectivity index (χ1) is 11.1. The summed E-state index contributed by atoms with van der Waals surface area (Å²) in [6, 6.07) is 4.66. The average Bonchev–Trinajstić information content (AvgIpc) is 2.55. The number of carbonyl (C=O) groups is 1. The van der Waals surface area contributed by atoms with Crippen LogP contribution in [0.1, 0.15) is 29.6 Å². The molecule has 0 aliphatic carbocycles. The van der Waals surface area contributed by atoms with Gasteiger partial charge in [-0.25, -0.2) is 4.79 Å². The Balaban J connectivity index is 1.66. The van der Waals surface area contributed by atoms with E-state index in [0.29, 0.717) is 23.0 Å². The predicted octanol–water partition coefficient (Wildman–Crippen LogP) is 0.432. The van der Waals surface area contributed by atoms with Gasteiger partial charge in [-0.1, -0.05) is 6.42 Å². The van der Waals surface area contributed by atoms with Crippen LogP contribution in [0.2, 0.25) is 0 Å². The Morgan fingerprint density at radius 2 is 1.91 bits per heavy atom. The number of hydrogen-bond donors (Lipinski definition) is 3. The van der Waals surface area contributed by atoms with E-state index in [1.54, 1.807) is 12.1 Å². The maximum absolute atomic E-state index is 12.2. The number of hydrogen-bond acceptors (Lipinski definition) is 4. The minimum atomic E-state index is -0.579. The van der Waals surface area contributed by atoms with Gasteiger partial charge in [0.2, 0.25) is 0 Å². The fourth-order valence-corrected chi connectivity index (χ4v) is 2.92. The topological polar surface area (TPSA) is 98.1 Å². The second-order valence-corrected chi connectivity index (χ2v) is 5.83. The van der Waals surface area contributed by atoms with E-state index >= 15 is 0 Å². The zero-order chi connectivity index (χ0) is 16.2. The number of benzene rings is 1. The molecule has 7 heteroatoms. The van der Waals surface area contributed by atoms with Gasteiger partial charge in [0.25, 0.3) is 11.5 Å². The number of rotatable bonds is 4. The van der Waals surface area contributed by atoms with Crippen LogP contribution >= 0.6 is 0 Å². The van der Waals surface area contributed by atoms with Crippen molar-refractivity contribution < 1.29 is 4.79 Å². The fourth-order valence-electron chi connectivity index (χ4n) is 2.92. The molecule has 1 aliphatic heterocycles. The molecule has 1 saturated heterocycles. The quantitative estimate of drug-likeness (QED) is 0.762. The molecule has 0 bridgehead atoms. The summed E-state index contributed by atoms with van der Waals surface area (Å²) in [5.74, 6) is -0.204. The highest BCUT2D eigenvalue weighted by Gasteiger charge is 2.11. The third-order valence-electron chi connectivity index (χ3n) is 4.16. The van der Waals surface area contributed by atoms with Gasteiger partial charge in [0.05, 0.1) is 10.9 Å². The molecular weight excluding hydrogens is 296 g/mol. The van der Waals surface area contributed by atoms with Crippen LogP contribution < -0.4 is 16.6 Å². The van der Waals surface area contributed by atoms with E-state index in [2.05, 4.69) is 20.2 Å². The largest absolute Gasteiger partial charge is 0.351 e. The van der Waals surface area contributed by atoms with Crippen molar-refractivity contribution in [1.29, 1.82) is 0 Å². The molecule has 3 rings (SSSR count). The summed E-state index contributed by atoms with van der Waals surface area (Å²) in [5.41, 5.74) is -0.245. The molecule has 2 heterocycles. The van der Waals surface area contributed by atoms with Gasteiger partial charge >= 0.3 is 5.69 Å². The van der Waals surface area contributed by atoms with Gasteiger partial charge in [0, 0.05) is 18.7 Å². The molecule has 0 saturated carbocycles. The molecule has 1 fully saturated rings. The Labute approximate surface area is 132 Å². The molecule has 0 atom stereocenters. The molecule has 122 valence electrons. The number of nitrogens with one attached hydrogen (secondary N) is 3. The minimum absolute atomic E-state index is 0.204. The second kappa shape index (κ2) is 6.78. The lowest BCUT2D eigenvalue weighted by molar-refractivity contribution is 0.0946. The number of likely N-dealkylation sites (tertiary alicyclic amines) is 1. The molecule has 7 nitrogen and oxygen atoms in total. The highest BCUT2D eigenvalue weighted by molar-refractivity contribution is 5.97. The monoisotopic (exact) mass is 316 g/mol. The van der Waals surface area contributed by atoms with Crippen molar-refractivity contribution in [3.63, 3.8) is 0 Å². The molecule has 1 aromatic carbocycles. The zero-order valence-corrected chi connectivity index (χ0v) is 12.9. The smallest absolute Gasteiger partial charge is 0.326 e. The minimum Gasteiger partial charge on any atom is -0.351 e. The SMILES string of the molecule is O=C(NCCN1CCCCC1)c1ccc2c(=O)[nH]c(=O)[nH]c2c1. The number of amides is 1. The third kappa shape index (κ3) is 3.68. The highest BCUT2D eigenvalue weighted by Crippen LogP contribution is 2.09. The number of aromatic amines is 2. The van der Waals surface area contributed by atoms with Gasteiger partial charge in [0.15, 0.2) is 0 Å². The van der Waals surface area contributed by atoms with Crippen molar-refractivity contribution in [2.24, 2.45) is 0 Å². The van der Waals surface area contributed by atoms with Crippen molar-refractivity contribution in [3.8, 4) is 0 Å². The van der Waals surface area contributed by atoms with E-state index in [1.165, 1.54) is 25.3 Å². The maximum atomic E-state index is 12.2. The second-order valence-electron chi connectivity index (χ2n) is 5.83. The Kier molecular flexibility index (Phi) is 4.57. The molecule has 3 N–H and O–H groups in total. The Hall–Kier alpha value is -2.41. The van der Waals surface area contributed by atoms with Crippen molar-refractivity contribution in [2.45, 2.75) is 19.3 Å². The zero-order valence-electron chi connectivity index (χ0n) is 12.9. The van der Waals surface area contributed by atoms with Gasteiger partial charge in [-0.15, -0.1) is 0 Å². The molecule has 1 aliphatic rings. The van der Waals surface area contributed by atoms with Crippen LogP contribution in [0, 0.1) is 0 Å². The predicted molar refractivity (Wildman–Crippen MR) is 87.8 cm³/mol. The molecular formula is C16H20N4O3. The molecule has 0 radical (unpaired) electrons. The lowest BCUT2D eigenvalue weighted by Crippen LogP contribution is -2.37. The number of nitrogens with zero attached hydrogens (tertiary/aromatic N) is 1. The standard InChI is InChI=1S/C16H20N4O3/c21-14(17-6-9-20-7-2-1-3-8-20)11-4-5-12-13(10-11)18-16(23)19-15(12)22/h4-5,10H,1-3,6-9H2,(H,17,21)(H2,18,19,22,23). The van der Waals surface area contributed by atoms with Crippen LogP contribution in [-0.2, 0) is 0 Å². The molecule has 2 aromatic rings. The normalized spacial score (nSPS) is 15.7. The van der Waals surface area contributed by atoms with Gasteiger partial charge in [0.1, 0.15) is 0 Å². The first-order valence-corrected chi connectivity index (χ1v) is 7.90. The summed E-state index contributed by atoms with van der Waals surface area (Å²) in [4.78, 5) is 42.2. The first-order valence-electron chi connectivity index (χ1n) is 7.90. The first kappa shape index (κ1) is 15.5. The summed E-state index contributed by atoms with van der Waals surface area (Å²) in [7, 11) is 0. The highest BCUT2D eigenvalue weighted by atomic mass is 16.2. The lowest BCUT2D eigenvalue weighted by Gasteiger charge is -2.26. The number of piperidine rings is 1. The maximum Gasteiger partial charge on any atom is 0.326 e. The van der Waals surface area contributed by atoms with Gasteiger partial charge < -0.3 is 15.2 Å². The van der Waals surface area contributed by atoms with Gasteiger partial charge in [-0.2, -0.15) is 0 Å². The van der Waals surface area contributed by atoms with Crippen LogP contribution in [0.15, 0.2) is 27.8 Å². The fraction of sp³-hybridized carbons (Fsp3) is 0.438. The van der Waals surface area contributed by atoms with E-state index in [9.17, 15) is 14.4 Å². The average molecular weight is 316 g/mol. The number of carbonyl (C=O) groups excluding carboxylic acids is 1. The van der Waals surface area contributed by atoms with Crippen molar-refractivity contribution in [2.75, 3.05) is 26.2 Å². The summed E-state index contributed by atoms with van der Waals surface area (Å²) in [6.45, 7) is 3.62. The van der Waals surface area contributed by atoms with E-state index in [4.69, 9.17) is 0 Å². The van der Waals surface area contributed by atoms with Crippen LogP contribution in [0.5, 0.6) is 0 Å².